The molecule has 0 radical (unpaired) electrons. The van der Waals surface area contributed by atoms with Crippen LogP contribution in [0.15, 0.2) is 78.1 Å². The van der Waals surface area contributed by atoms with Crippen molar-refractivity contribution in [2.45, 2.75) is 19.5 Å². The summed E-state index contributed by atoms with van der Waals surface area (Å²) in [5.41, 5.74) is 2.27. The number of carbonyl (C=O) groups excluding carboxylic acids is 1. The summed E-state index contributed by atoms with van der Waals surface area (Å²) in [6, 6.07) is 16.7. The van der Waals surface area contributed by atoms with Gasteiger partial charge in [-0.05, 0) is 35.9 Å². The minimum atomic E-state index is -0.156. The van der Waals surface area contributed by atoms with E-state index in [-0.39, 0.29) is 24.4 Å². The molecule has 28 heavy (non-hydrogen) atoms. The third kappa shape index (κ3) is 3.98. The molecule has 7 heteroatoms. The number of nitrogens with one attached hydrogen (secondary N) is 1. The Morgan fingerprint density at radius 3 is 2.82 bits per heavy atom. The molecule has 0 saturated carbocycles. The van der Waals surface area contributed by atoms with E-state index in [0.717, 1.165) is 11.3 Å². The molecule has 0 spiro atoms. The Morgan fingerprint density at radius 2 is 1.96 bits per heavy atom. The van der Waals surface area contributed by atoms with E-state index < -0.39 is 0 Å². The van der Waals surface area contributed by atoms with E-state index >= 15 is 0 Å². The summed E-state index contributed by atoms with van der Waals surface area (Å²) in [4.78, 5) is 29.1. The predicted octanol–water partition coefficient (Wildman–Crippen LogP) is 2.67. The van der Waals surface area contributed by atoms with Gasteiger partial charge in [0.15, 0.2) is 0 Å². The summed E-state index contributed by atoms with van der Waals surface area (Å²) in [5.74, 6) is -0.156. The number of aromatic nitrogens is 4. The van der Waals surface area contributed by atoms with Crippen LogP contribution in [0, 0.1) is 0 Å². The van der Waals surface area contributed by atoms with Gasteiger partial charge in [-0.15, -0.1) is 0 Å². The van der Waals surface area contributed by atoms with E-state index in [1.807, 2.05) is 47.3 Å². The Hall–Kier alpha value is -3.74. The lowest BCUT2D eigenvalue weighted by atomic mass is 10.2. The number of carbonyl (C=O) groups is 1. The molecule has 0 aliphatic heterocycles. The zero-order valence-electron chi connectivity index (χ0n) is 15.2. The molecule has 2 aromatic heterocycles. The Morgan fingerprint density at radius 1 is 1.07 bits per heavy atom. The Bertz CT molecular complexity index is 1160. The van der Waals surface area contributed by atoms with E-state index in [0.29, 0.717) is 17.4 Å². The highest BCUT2D eigenvalue weighted by atomic mass is 16.1. The number of hydrogen-bond acceptors (Lipinski definition) is 4. The van der Waals surface area contributed by atoms with Gasteiger partial charge < -0.3 is 5.32 Å². The quantitative estimate of drug-likeness (QED) is 0.563. The fourth-order valence-corrected chi connectivity index (χ4v) is 3.04. The van der Waals surface area contributed by atoms with Crippen molar-refractivity contribution in [2.24, 2.45) is 0 Å². The van der Waals surface area contributed by atoms with Crippen LogP contribution in [-0.2, 0) is 17.9 Å². The van der Waals surface area contributed by atoms with Crippen molar-refractivity contribution in [2.75, 3.05) is 5.32 Å². The Balaban J connectivity index is 1.40. The first-order valence-electron chi connectivity index (χ1n) is 8.99. The molecule has 0 aliphatic carbocycles. The number of amides is 1. The Kier molecular flexibility index (Phi) is 4.97. The highest BCUT2D eigenvalue weighted by Crippen LogP contribution is 2.12. The number of hydrogen-bond donors (Lipinski definition) is 1. The van der Waals surface area contributed by atoms with Crippen LogP contribution in [0.3, 0.4) is 0 Å². The van der Waals surface area contributed by atoms with Crippen LogP contribution in [-0.4, -0.2) is 25.2 Å². The first-order valence-corrected chi connectivity index (χ1v) is 8.99. The zero-order chi connectivity index (χ0) is 19.3. The molecule has 7 nitrogen and oxygen atoms in total. The van der Waals surface area contributed by atoms with Crippen molar-refractivity contribution in [3.63, 3.8) is 0 Å². The normalized spacial score (nSPS) is 10.9. The van der Waals surface area contributed by atoms with Crippen LogP contribution in [0.25, 0.3) is 10.9 Å². The lowest BCUT2D eigenvalue weighted by Gasteiger charge is -2.09. The molecule has 2 aromatic carbocycles. The van der Waals surface area contributed by atoms with Crippen LogP contribution in [0.5, 0.6) is 0 Å². The summed E-state index contributed by atoms with van der Waals surface area (Å²) in [7, 11) is 0. The number of nitrogens with zero attached hydrogens (tertiary/aromatic N) is 4. The van der Waals surface area contributed by atoms with Crippen molar-refractivity contribution in [3.8, 4) is 0 Å². The van der Waals surface area contributed by atoms with Gasteiger partial charge in [-0.1, -0.05) is 24.3 Å². The highest BCUT2D eigenvalue weighted by molar-refractivity contribution is 5.90. The summed E-state index contributed by atoms with van der Waals surface area (Å²) < 4.78 is 3.29. The molecule has 1 N–H and O–H groups in total. The van der Waals surface area contributed by atoms with Crippen LogP contribution < -0.4 is 10.9 Å². The standard InChI is InChI=1S/C21H19N5O2/c27-20(9-12-25-15-22-19-8-2-1-7-18(19)21(25)28)24-17-6-3-5-16(13-17)14-26-11-4-10-23-26/h1-8,10-11,13,15H,9,12,14H2,(H,24,27). The van der Waals surface area contributed by atoms with Crippen molar-refractivity contribution < 1.29 is 4.79 Å². The number of rotatable bonds is 6. The molecule has 140 valence electrons. The maximum atomic E-state index is 12.5. The topological polar surface area (TPSA) is 81.8 Å². The summed E-state index contributed by atoms with van der Waals surface area (Å²) >= 11 is 0. The largest absolute Gasteiger partial charge is 0.326 e. The third-order valence-electron chi connectivity index (χ3n) is 4.43. The van der Waals surface area contributed by atoms with E-state index in [1.165, 1.54) is 10.9 Å². The van der Waals surface area contributed by atoms with E-state index in [2.05, 4.69) is 15.4 Å². The van der Waals surface area contributed by atoms with Crippen molar-refractivity contribution in [1.29, 1.82) is 0 Å². The second kappa shape index (κ2) is 7.87. The second-order valence-corrected chi connectivity index (χ2v) is 6.46. The van der Waals surface area contributed by atoms with E-state index in [9.17, 15) is 9.59 Å². The molecule has 0 unspecified atom stereocenters. The molecule has 4 aromatic rings. The number of aryl methyl sites for hydroxylation is 1. The van der Waals surface area contributed by atoms with Gasteiger partial charge in [0.2, 0.25) is 5.91 Å². The van der Waals surface area contributed by atoms with Gasteiger partial charge in [-0.3, -0.25) is 18.8 Å². The second-order valence-electron chi connectivity index (χ2n) is 6.46. The average molecular weight is 373 g/mol. The molecule has 0 fully saturated rings. The molecule has 1 amide bonds. The molecule has 4 rings (SSSR count). The Labute approximate surface area is 161 Å². The minimum Gasteiger partial charge on any atom is -0.326 e. The number of fused-ring (bicyclic) bond motifs is 1. The minimum absolute atomic E-state index is 0.139. The van der Waals surface area contributed by atoms with Crippen LogP contribution in [0.2, 0.25) is 0 Å². The van der Waals surface area contributed by atoms with Gasteiger partial charge in [0, 0.05) is 31.0 Å². The lowest BCUT2D eigenvalue weighted by molar-refractivity contribution is -0.116. The third-order valence-corrected chi connectivity index (χ3v) is 4.43. The number of anilines is 1. The fourth-order valence-electron chi connectivity index (χ4n) is 3.04. The molecular weight excluding hydrogens is 354 g/mol. The number of para-hydroxylation sites is 1. The van der Waals surface area contributed by atoms with E-state index in [4.69, 9.17) is 0 Å². The van der Waals surface area contributed by atoms with E-state index in [1.54, 1.807) is 24.4 Å². The van der Waals surface area contributed by atoms with Crippen LogP contribution >= 0.6 is 0 Å². The lowest BCUT2D eigenvalue weighted by Crippen LogP contribution is -2.23. The SMILES string of the molecule is O=C(CCn1cnc2ccccc2c1=O)Nc1cccc(Cn2cccn2)c1. The van der Waals surface area contributed by atoms with Gasteiger partial charge in [0.05, 0.1) is 23.8 Å². The molecule has 0 saturated heterocycles. The van der Waals surface area contributed by atoms with Gasteiger partial charge >= 0.3 is 0 Å². The highest BCUT2D eigenvalue weighted by Gasteiger charge is 2.07. The fraction of sp³-hybridized carbons (Fsp3) is 0.143. The predicted molar refractivity (Wildman–Crippen MR) is 107 cm³/mol. The van der Waals surface area contributed by atoms with Crippen molar-refractivity contribution in [3.05, 3.63) is 89.2 Å². The average Bonchev–Trinajstić information content (AvgIpc) is 3.21. The van der Waals surface area contributed by atoms with Crippen molar-refractivity contribution in [1.82, 2.24) is 19.3 Å². The van der Waals surface area contributed by atoms with Gasteiger partial charge in [-0.25, -0.2) is 4.98 Å². The molecular formula is C21H19N5O2. The first-order chi connectivity index (χ1) is 13.7. The summed E-state index contributed by atoms with van der Waals surface area (Å²) in [5, 5.41) is 7.62. The molecule has 0 atom stereocenters. The molecule has 0 aliphatic rings. The van der Waals surface area contributed by atoms with Gasteiger partial charge in [-0.2, -0.15) is 5.10 Å². The zero-order valence-corrected chi connectivity index (χ0v) is 15.2. The molecule has 2 heterocycles. The summed E-state index contributed by atoms with van der Waals surface area (Å²) in [6.07, 6.45) is 5.29. The maximum Gasteiger partial charge on any atom is 0.261 e. The maximum absolute atomic E-state index is 12.5. The molecule has 0 bridgehead atoms. The van der Waals surface area contributed by atoms with Gasteiger partial charge in [0.25, 0.3) is 5.56 Å². The number of benzene rings is 2. The van der Waals surface area contributed by atoms with Crippen molar-refractivity contribution >= 4 is 22.5 Å². The monoisotopic (exact) mass is 373 g/mol. The smallest absolute Gasteiger partial charge is 0.261 e. The van der Waals surface area contributed by atoms with Crippen LogP contribution in [0.4, 0.5) is 5.69 Å². The first kappa shape index (κ1) is 17.7. The van der Waals surface area contributed by atoms with Crippen LogP contribution in [0.1, 0.15) is 12.0 Å². The van der Waals surface area contributed by atoms with Gasteiger partial charge in [0.1, 0.15) is 0 Å². The summed E-state index contributed by atoms with van der Waals surface area (Å²) in [6.45, 7) is 0.907.